The molecule has 2 aromatic carbocycles. The predicted molar refractivity (Wildman–Crippen MR) is 144 cm³/mol. The molecule has 14 nitrogen and oxygen atoms in total. The summed E-state index contributed by atoms with van der Waals surface area (Å²) in [4.78, 5) is 28.2. The molecule has 1 N–H and O–H groups in total. The van der Waals surface area contributed by atoms with E-state index in [1.807, 2.05) is 11.6 Å². The fourth-order valence-corrected chi connectivity index (χ4v) is 5.21. The Balaban J connectivity index is 1.44. The number of nitrogens with one attached hydrogen (secondary N) is 1. The summed E-state index contributed by atoms with van der Waals surface area (Å²) in [5.74, 6) is -1.78. The number of hydrogen-bond donors (Lipinski definition) is 1. The van der Waals surface area contributed by atoms with Crippen LogP contribution in [0.15, 0.2) is 64.8 Å². The number of ether oxygens (including phenoxy) is 2. The van der Waals surface area contributed by atoms with E-state index in [1.165, 1.54) is 19.1 Å². The number of carbonyl (C=O) groups excluding carboxylic acids is 2. The van der Waals surface area contributed by atoms with E-state index in [0.717, 1.165) is 40.6 Å². The molecule has 0 radical (unpaired) electrons. The van der Waals surface area contributed by atoms with Crippen molar-refractivity contribution in [3.8, 4) is 16.9 Å². The lowest BCUT2D eigenvalue weighted by Gasteiger charge is -2.14. The summed E-state index contributed by atoms with van der Waals surface area (Å²) in [6.45, 7) is 2.97. The Kier molecular flexibility index (Phi) is 9.31. The molecule has 1 aliphatic heterocycles. The fourth-order valence-electron chi connectivity index (χ4n) is 4.16. The van der Waals surface area contributed by atoms with Gasteiger partial charge in [-0.1, -0.05) is 29.8 Å². The molecule has 4 rings (SSSR count). The maximum atomic E-state index is 13.5. The Morgan fingerprint density at radius 3 is 2.43 bits per heavy atom. The number of halogens is 3. The van der Waals surface area contributed by atoms with Crippen LogP contribution in [0.4, 0.5) is 18.0 Å². The number of sulfonamides is 1. The average molecular weight is 641 g/mol. The smallest absolute Gasteiger partial charge is 0.511 e. The summed E-state index contributed by atoms with van der Waals surface area (Å²) in [6, 6.07) is 12.5. The molecule has 236 valence electrons. The largest absolute Gasteiger partial charge is 0.569 e. The number of carbonyl (C=O) groups is 2. The number of hydrogen-bond acceptors (Lipinski definition) is 10. The van der Waals surface area contributed by atoms with Crippen LogP contribution in [0.5, 0.6) is 0 Å². The molecule has 1 amide bonds. The zero-order valence-electron chi connectivity index (χ0n) is 23.5. The Morgan fingerprint density at radius 1 is 1.16 bits per heavy atom. The third kappa shape index (κ3) is 7.55. The van der Waals surface area contributed by atoms with Gasteiger partial charge in [0.25, 0.3) is 16.3 Å². The van der Waals surface area contributed by atoms with Crippen molar-refractivity contribution in [3.63, 3.8) is 0 Å². The van der Waals surface area contributed by atoms with E-state index in [-0.39, 0.29) is 40.8 Å². The maximum Gasteiger partial charge on any atom is 0.511 e. The molecule has 0 spiro atoms. The minimum Gasteiger partial charge on any atom is -0.569 e. The molecule has 1 saturated heterocycles. The van der Waals surface area contributed by atoms with Gasteiger partial charge in [0.1, 0.15) is 0 Å². The second kappa shape index (κ2) is 12.8. The fraction of sp³-hybridized carbons (Fsp3) is 0.346. The minimum atomic E-state index is -4.71. The highest BCUT2D eigenvalue weighted by Crippen LogP contribution is 2.33. The molecule has 0 aliphatic carbocycles. The Hall–Kier alpha value is -4.87. The lowest BCUT2D eigenvalue weighted by atomic mass is 10.1. The molecule has 2 heterocycles. The third-order valence-corrected chi connectivity index (χ3v) is 7.81. The first-order valence-electron chi connectivity index (χ1n) is 12.9. The monoisotopic (exact) mass is 640 g/mol. The van der Waals surface area contributed by atoms with Crippen LogP contribution < -0.4 is 4.72 Å². The topological polar surface area (TPSA) is 167 Å². The zero-order valence-corrected chi connectivity index (χ0v) is 24.3. The molecular weight excluding hydrogens is 613 g/mol. The molecule has 0 saturated carbocycles. The van der Waals surface area contributed by atoms with Crippen molar-refractivity contribution in [2.45, 2.75) is 37.6 Å². The highest BCUT2D eigenvalue weighted by atomic mass is 32.2. The Bertz CT molecular complexity index is 1640. The SMILES string of the molecule is COC(=O)OC(C)ON=[N+]([O-])N1CCC(C(=O)NS(=O)(=O)c2ccc(-n3nc(C(F)(F)F)cc3-c3ccc(C)cc3)cc2)C1. The van der Waals surface area contributed by atoms with Crippen molar-refractivity contribution in [1.29, 1.82) is 0 Å². The molecule has 3 aromatic rings. The van der Waals surface area contributed by atoms with Crippen LogP contribution in [0.2, 0.25) is 0 Å². The molecule has 2 atom stereocenters. The molecule has 2 unspecified atom stereocenters. The lowest BCUT2D eigenvalue weighted by molar-refractivity contribution is -0.709. The van der Waals surface area contributed by atoms with Crippen molar-refractivity contribution in [2.24, 2.45) is 11.2 Å². The number of methoxy groups -OCH3 is 1. The van der Waals surface area contributed by atoms with Gasteiger partial charge in [-0.2, -0.15) is 18.3 Å². The van der Waals surface area contributed by atoms with E-state index < -0.39 is 46.2 Å². The third-order valence-electron chi connectivity index (χ3n) is 6.45. The molecular formula is C26H27F3N6O8S. The number of rotatable bonds is 9. The summed E-state index contributed by atoms with van der Waals surface area (Å²) >= 11 is 0. The van der Waals surface area contributed by atoms with Gasteiger partial charge in [0.15, 0.2) is 5.69 Å². The van der Waals surface area contributed by atoms with Crippen LogP contribution in [0.3, 0.4) is 0 Å². The van der Waals surface area contributed by atoms with Crippen LogP contribution in [0, 0.1) is 18.0 Å². The van der Waals surface area contributed by atoms with Crippen LogP contribution in [0.25, 0.3) is 16.9 Å². The van der Waals surface area contributed by atoms with Crippen molar-refractivity contribution >= 4 is 22.1 Å². The predicted octanol–water partition coefficient (Wildman–Crippen LogP) is 3.93. The summed E-state index contributed by atoms with van der Waals surface area (Å²) in [5.41, 5.74) is 0.544. The quantitative estimate of drug-likeness (QED) is 0.119. The molecule has 44 heavy (non-hydrogen) atoms. The first kappa shape index (κ1) is 32.1. The number of amides is 1. The Labute approximate surface area is 249 Å². The Morgan fingerprint density at radius 2 is 1.82 bits per heavy atom. The van der Waals surface area contributed by atoms with Gasteiger partial charge in [0.2, 0.25) is 11.2 Å². The highest BCUT2D eigenvalue weighted by Gasteiger charge is 2.36. The number of benzene rings is 2. The van der Waals surface area contributed by atoms with E-state index in [1.54, 1.807) is 24.3 Å². The van der Waals surface area contributed by atoms with Crippen LogP contribution >= 0.6 is 0 Å². The second-order valence-electron chi connectivity index (χ2n) is 9.63. The van der Waals surface area contributed by atoms with Gasteiger partial charge < -0.3 is 14.7 Å². The van der Waals surface area contributed by atoms with E-state index in [4.69, 9.17) is 4.84 Å². The van der Waals surface area contributed by atoms with Crippen LogP contribution in [-0.4, -0.2) is 66.7 Å². The van der Waals surface area contributed by atoms with Gasteiger partial charge >= 0.3 is 12.3 Å². The number of aryl methyl sites for hydroxylation is 1. The normalized spacial score (nSPS) is 16.4. The minimum absolute atomic E-state index is 0.0436. The van der Waals surface area contributed by atoms with Gasteiger partial charge in [-0.05, 0) is 43.7 Å². The number of alkyl halides is 3. The lowest BCUT2D eigenvalue weighted by Crippen LogP contribution is -2.37. The van der Waals surface area contributed by atoms with Crippen molar-refractivity contribution in [2.75, 3.05) is 20.2 Å². The summed E-state index contributed by atoms with van der Waals surface area (Å²) in [7, 11) is -3.30. The van der Waals surface area contributed by atoms with Gasteiger partial charge in [-0.3, -0.25) is 9.63 Å². The second-order valence-corrected chi connectivity index (χ2v) is 11.3. The van der Waals surface area contributed by atoms with Crippen LogP contribution in [0.1, 0.15) is 24.6 Å². The maximum absolute atomic E-state index is 13.5. The molecule has 1 aromatic heterocycles. The van der Waals surface area contributed by atoms with Crippen molar-refractivity contribution in [3.05, 3.63) is 71.1 Å². The van der Waals surface area contributed by atoms with Gasteiger partial charge in [-0.25, -0.2) is 22.6 Å². The van der Waals surface area contributed by atoms with Crippen molar-refractivity contribution in [1.82, 2.24) is 19.5 Å². The molecule has 1 aliphatic rings. The molecule has 1 fully saturated rings. The standard InChI is InChI=1S/C26H27F3N6O8S/c1-16-4-6-18(7-5-16)22-14-23(26(27,28)29)30-34(22)20-8-10-21(11-9-20)44(39,40)31-24(36)19-12-13-33(15-19)35(38)32-43-17(2)42-25(37)41-3/h4-11,14,17,19H,12-13,15H2,1-3H3,(H,31,36). The first-order valence-corrected chi connectivity index (χ1v) is 14.4. The average Bonchev–Trinajstić information content (AvgIpc) is 3.65. The number of nitrogens with zero attached hydrogens (tertiary/aromatic N) is 5. The first-order chi connectivity index (χ1) is 20.7. The highest BCUT2D eigenvalue weighted by molar-refractivity contribution is 7.90. The van der Waals surface area contributed by atoms with Gasteiger partial charge in [0.05, 0.1) is 47.4 Å². The van der Waals surface area contributed by atoms with E-state index >= 15 is 0 Å². The van der Waals surface area contributed by atoms with E-state index in [2.05, 4.69) is 19.8 Å². The van der Waals surface area contributed by atoms with Crippen molar-refractivity contribution < 1.29 is 50.5 Å². The van der Waals surface area contributed by atoms with E-state index in [9.17, 15) is 36.4 Å². The van der Waals surface area contributed by atoms with Gasteiger partial charge in [-0.15, -0.1) is 5.01 Å². The summed E-state index contributed by atoms with van der Waals surface area (Å²) < 4.78 is 78.2. The number of hydrazine groups is 1. The van der Waals surface area contributed by atoms with Crippen LogP contribution in [-0.2, 0) is 35.3 Å². The summed E-state index contributed by atoms with van der Waals surface area (Å²) in [6.07, 6.45) is -6.89. The van der Waals surface area contributed by atoms with Gasteiger partial charge in [0, 0.05) is 12.5 Å². The van der Waals surface area contributed by atoms with E-state index in [0.29, 0.717) is 5.56 Å². The number of aromatic nitrogens is 2. The zero-order chi connectivity index (χ0) is 32.2. The molecule has 18 heteroatoms. The summed E-state index contributed by atoms with van der Waals surface area (Å²) in [5, 5.41) is 20.2. The molecule has 0 bridgehead atoms.